The van der Waals surface area contributed by atoms with Gasteiger partial charge < -0.3 is 20.9 Å². The van der Waals surface area contributed by atoms with Crippen LogP contribution in [0.25, 0.3) is 0 Å². The summed E-state index contributed by atoms with van der Waals surface area (Å²) in [5.41, 5.74) is 5.81. The highest BCUT2D eigenvalue weighted by molar-refractivity contribution is 6.03. The van der Waals surface area contributed by atoms with E-state index in [1.165, 1.54) is 23.3 Å². The van der Waals surface area contributed by atoms with E-state index in [0.29, 0.717) is 42.6 Å². The summed E-state index contributed by atoms with van der Waals surface area (Å²) in [6, 6.07) is 27.8. The van der Waals surface area contributed by atoms with Crippen LogP contribution < -0.4 is 16.0 Å². The highest BCUT2D eigenvalue weighted by Gasteiger charge is 2.39. The van der Waals surface area contributed by atoms with Crippen molar-refractivity contribution in [3.63, 3.8) is 0 Å². The molecule has 0 aliphatic carbocycles. The molecule has 3 aromatic rings. The van der Waals surface area contributed by atoms with Crippen LogP contribution in [-0.2, 0) is 15.0 Å². The van der Waals surface area contributed by atoms with E-state index in [1.54, 1.807) is 12.1 Å². The van der Waals surface area contributed by atoms with E-state index in [9.17, 15) is 19.7 Å². The zero-order valence-corrected chi connectivity index (χ0v) is 28.3. The normalized spacial score (nSPS) is 17.5. The van der Waals surface area contributed by atoms with Gasteiger partial charge in [0.25, 0.3) is 5.69 Å². The number of hydrogen-bond acceptors (Lipinski definition) is 6. The first-order valence-corrected chi connectivity index (χ1v) is 17.2. The molecule has 0 bridgehead atoms. The third kappa shape index (κ3) is 8.11. The zero-order chi connectivity index (χ0) is 34.1. The summed E-state index contributed by atoms with van der Waals surface area (Å²) >= 11 is 0. The standard InChI is InChI=1S/C39H47N5O4.CH4/c1-4-32-35(37(45)40-6-3)34(28-18-20-31(21-19-28)44(47)48)36(33(5-2)42-32)38(46)41-24-13-25-43-26-22-39(23-27-43,29-14-9-7-10-15-29)30-16-11-8-12-17-30;/h7-12,14-21,34,42H,4-6,13,22-27H2,1-3H3,(H,40,45)(H,41,46);1H4. The maximum Gasteiger partial charge on any atom is 0.269 e. The van der Waals surface area contributed by atoms with Gasteiger partial charge in [0.2, 0.25) is 11.8 Å². The third-order valence-corrected chi connectivity index (χ3v) is 9.80. The molecule has 1 atom stereocenters. The molecule has 0 radical (unpaired) electrons. The molecule has 3 N–H and O–H groups in total. The number of nitrogens with one attached hydrogen (secondary N) is 3. The van der Waals surface area contributed by atoms with Crippen molar-refractivity contribution in [3.05, 3.63) is 134 Å². The number of allylic oxidation sites excluding steroid dienone is 2. The van der Waals surface area contributed by atoms with E-state index in [-0.39, 0.29) is 30.3 Å². The van der Waals surface area contributed by atoms with Gasteiger partial charge in [0.05, 0.1) is 4.92 Å². The number of carbonyl (C=O) groups excluding carboxylic acids is 2. The van der Waals surface area contributed by atoms with Gasteiger partial charge in [-0.2, -0.15) is 0 Å². The van der Waals surface area contributed by atoms with Crippen molar-refractivity contribution in [2.75, 3.05) is 32.7 Å². The number of nitrogens with zero attached hydrogens (tertiary/aromatic N) is 2. The summed E-state index contributed by atoms with van der Waals surface area (Å²) in [5, 5.41) is 20.8. The van der Waals surface area contributed by atoms with E-state index in [4.69, 9.17) is 0 Å². The minimum absolute atomic E-state index is 0. The number of dihydropyridines is 1. The van der Waals surface area contributed by atoms with Crippen molar-refractivity contribution in [2.24, 2.45) is 0 Å². The van der Waals surface area contributed by atoms with Gasteiger partial charge in [0.1, 0.15) is 0 Å². The summed E-state index contributed by atoms with van der Waals surface area (Å²) in [5.74, 6) is -1.14. The average molecular weight is 666 g/mol. The molecule has 2 amide bonds. The molecule has 9 nitrogen and oxygen atoms in total. The van der Waals surface area contributed by atoms with Crippen LogP contribution in [0, 0.1) is 10.1 Å². The Morgan fingerprint density at radius 2 is 1.33 bits per heavy atom. The average Bonchev–Trinajstić information content (AvgIpc) is 3.13. The molecular weight excluding hydrogens is 614 g/mol. The Morgan fingerprint density at radius 3 is 1.80 bits per heavy atom. The summed E-state index contributed by atoms with van der Waals surface area (Å²) in [6.45, 7) is 9.54. The molecule has 9 heteroatoms. The molecule has 0 aromatic heterocycles. The van der Waals surface area contributed by atoms with Crippen molar-refractivity contribution in [1.82, 2.24) is 20.9 Å². The molecule has 49 heavy (non-hydrogen) atoms. The summed E-state index contributed by atoms with van der Waals surface area (Å²) < 4.78 is 0. The monoisotopic (exact) mass is 665 g/mol. The molecule has 1 unspecified atom stereocenters. The predicted octanol–water partition coefficient (Wildman–Crippen LogP) is 6.97. The van der Waals surface area contributed by atoms with Crippen LogP contribution >= 0.6 is 0 Å². The van der Waals surface area contributed by atoms with E-state index in [0.717, 1.165) is 50.3 Å². The van der Waals surface area contributed by atoms with Gasteiger partial charge in [0.15, 0.2) is 0 Å². The van der Waals surface area contributed by atoms with Gasteiger partial charge in [-0.3, -0.25) is 19.7 Å². The first-order valence-electron chi connectivity index (χ1n) is 17.2. The minimum atomic E-state index is -0.658. The SMILES string of the molecule is C.CCNC(=O)C1=C(CC)NC(CC)=C(C(=O)NCCCN2CCC(c3ccccc3)(c3ccccc3)CC2)C1c1ccc([N+](=O)[O-])cc1. The van der Waals surface area contributed by atoms with Gasteiger partial charge in [0, 0.05) is 59.1 Å². The quantitative estimate of drug-likeness (QED) is 0.103. The number of nitro benzene ring substituents is 1. The Hall–Kier alpha value is -4.76. The molecule has 260 valence electrons. The van der Waals surface area contributed by atoms with Crippen LogP contribution in [0.2, 0.25) is 0 Å². The second-order valence-corrected chi connectivity index (χ2v) is 12.5. The number of carbonyl (C=O) groups is 2. The lowest BCUT2D eigenvalue weighted by Gasteiger charge is -2.43. The van der Waals surface area contributed by atoms with Gasteiger partial charge in [-0.1, -0.05) is 94.1 Å². The second-order valence-electron chi connectivity index (χ2n) is 12.5. The van der Waals surface area contributed by atoms with E-state index in [2.05, 4.69) is 81.5 Å². The lowest BCUT2D eigenvalue weighted by atomic mass is 9.68. The van der Waals surface area contributed by atoms with Gasteiger partial charge >= 0.3 is 0 Å². The lowest BCUT2D eigenvalue weighted by Crippen LogP contribution is -2.44. The van der Waals surface area contributed by atoms with Crippen molar-refractivity contribution >= 4 is 17.5 Å². The molecule has 0 spiro atoms. The second kappa shape index (κ2) is 17.1. The maximum absolute atomic E-state index is 14.0. The number of benzene rings is 3. The zero-order valence-electron chi connectivity index (χ0n) is 28.3. The molecule has 0 saturated carbocycles. The van der Waals surface area contributed by atoms with Crippen LogP contribution in [0.15, 0.2) is 107 Å². The van der Waals surface area contributed by atoms with E-state index < -0.39 is 10.8 Å². The number of non-ortho nitro benzene ring substituents is 1. The van der Waals surface area contributed by atoms with Gasteiger partial charge in [-0.05, 0) is 75.4 Å². The van der Waals surface area contributed by atoms with Crippen LogP contribution in [0.4, 0.5) is 5.69 Å². The third-order valence-electron chi connectivity index (χ3n) is 9.80. The lowest BCUT2D eigenvalue weighted by molar-refractivity contribution is -0.384. The number of likely N-dealkylation sites (N-methyl/N-ethyl adjacent to an activating group) is 1. The largest absolute Gasteiger partial charge is 0.361 e. The molecular formula is C40H51N5O4. The summed E-state index contributed by atoms with van der Waals surface area (Å²) in [6.07, 6.45) is 3.98. The molecule has 2 aliphatic heterocycles. The number of hydrogen-bond donors (Lipinski definition) is 3. The molecule has 1 saturated heterocycles. The smallest absolute Gasteiger partial charge is 0.269 e. The summed E-state index contributed by atoms with van der Waals surface area (Å²) in [4.78, 5) is 40.9. The van der Waals surface area contributed by atoms with Crippen molar-refractivity contribution in [1.29, 1.82) is 0 Å². The fourth-order valence-corrected chi connectivity index (χ4v) is 7.30. The van der Waals surface area contributed by atoms with Gasteiger partial charge in [-0.25, -0.2) is 0 Å². The number of nitro groups is 1. The molecule has 1 fully saturated rings. The van der Waals surface area contributed by atoms with Gasteiger partial charge in [-0.15, -0.1) is 0 Å². The number of likely N-dealkylation sites (tertiary alicyclic amines) is 1. The fourth-order valence-electron chi connectivity index (χ4n) is 7.30. The Balaban J connectivity index is 0.00000541. The predicted molar refractivity (Wildman–Crippen MR) is 196 cm³/mol. The number of rotatable bonds is 13. The van der Waals surface area contributed by atoms with Crippen molar-refractivity contribution in [2.45, 2.75) is 71.6 Å². The molecule has 5 rings (SSSR count). The molecule has 2 aliphatic rings. The highest BCUT2D eigenvalue weighted by Crippen LogP contribution is 2.42. The Kier molecular flexibility index (Phi) is 12.9. The molecule has 3 aromatic carbocycles. The molecule has 2 heterocycles. The van der Waals surface area contributed by atoms with Crippen LogP contribution in [0.5, 0.6) is 0 Å². The van der Waals surface area contributed by atoms with Crippen molar-refractivity contribution in [3.8, 4) is 0 Å². The van der Waals surface area contributed by atoms with Crippen LogP contribution in [0.3, 0.4) is 0 Å². The Labute approximate surface area is 291 Å². The minimum Gasteiger partial charge on any atom is -0.361 e. The topological polar surface area (TPSA) is 117 Å². The maximum atomic E-state index is 14.0. The van der Waals surface area contributed by atoms with E-state index in [1.807, 2.05) is 20.8 Å². The van der Waals surface area contributed by atoms with Crippen LogP contribution in [-0.4, -0.2) is 54.4 Å². The Morgan fingerprint density at radius 1 is 0.816 bits per heavy atom. The number of amides is 2. The fraction of sp³-hybridized carbons (Fsp3) is 0.400. The first kappa shape index (κ1) is 37.1. The summed E-state index contributed by atoms with van der Waals surface area (Å²) in [7, 11) is 0. The number of piperidine rings is 1. The van der Waals surface area contributed by atoms with Crippen LogP contribution in [0.1, 0.15) is 82.9 Å². The van der Waals surface area contributed by atoms with Crippen molar-refractivity contribution < 1.29 is 14.5 Å². The highest BCUT2D eigenvalue weighted by atomic mass is 16.6. The Bertz CT molecular complexity index is 1600. The van der Waals surface area contributed by atoms with E-state index >= 15 is 0 Å². The first-order chi connectivity index (χ1) is 23.3.